The van der Waals surface area contributed by atoms with Crippen LogP contribution in [0, 0.1) is 0 Å². The number of carbonyl (C=O) groups excluding carboxylic acids is 3. The van der Waals surface area contributed by atoms with Crippen LogP contribution in [0.25, 0.3) is 0 Å². The van der Waals surface area contributed by atoms with Gasteiger partial charge in [-0.05, 0) is 44.9 Å². The molecule has 0 radical (unpaired) electrons. The van der Waals surface area contributed by atoms with Crippen LogP contribution in [0.1, 0.15) is 52.5 Å². The zero-order valence-corrected chi connectivity index (χ0v) is 23.9. The molecule has 0 saturated carbocycles. The lowest BCUT2D eigenvalue weighted by Gasteiger charge is -2.36. The van der Waals surface area contributed by atoms with Crippen molar-refractivity contribution in [2.45, 2.75) is 71.1 Å². The number of nitrogens with one attached hydrogen (secondary N) is 2. The minimum atomic E-state index is -0.817. The lowest BCUT2D eigenvalue weighted by atomic mass is 10.0. The molecule has 1 fully saturated rings. The normalized spacial score (nSPS) is 14.6. The van der Waals surface area contributed by atoms with E-state index in [0.717, 1.165) is 24.8 Å². The van der Waals surface area contributed by atoms with Crippen molar-refractivity contribution in [2.24, 2.45) is 0 Å². The van der Waals surface area contributed by atoms with Gasteiger partial charge in [0, 0.05) is 39.1 Å². The fourth-order valence-corrected chi connectivity index (χ4v) is 3.99. The van der Waals surface area contributed by atoms with Crippen molar-refractivity contribution in [1.29, 1.82) is 0 Å². The molecule has 4 N–H and O–H groups in total. The maximum atomic E-state index is 13.1. The molecule has 1 aromatic carbocycles. The van der Waals surface area contributed by atoms with Gasteiger partial charge in [-0.25, -0.2) is 19.4 Å². The Morgan fingerprint density at radius 3 is 2.10 bits per heavy atom. The molecule has 2 rings (SSSR count). The molecule has 1 heterocycles. The molecular weight excluding hydrogens is 524 g/mol. The largest absolute Gasteiger partial charge is 0.485 e. The first-order chi connectivity index (χ1) is 19.1. The van der Waals surface area contributed by atoms with Gasteiger partial charge in [-0.1, -0.05) is 31.9 Å². The molecule has 1 aromatic rings. The van der Waals surface area contributed by atoms with E-state index >= 15 is 0 Å². The van der Waals surface area contributed by atoms with E-state index in [2.05, 4.69) is 27.3 Å². The summed E-state index contributed by atoms with van der Waals surface area (Å²) in [5.41, 5.74) is 0.182. The number of urea groups is 1. The molecule has 1 aliphatic rings. The quantitative estimate of drug-likeness (QED) is 0.150. The van der Waals surface area contributed by atoms with Gasteiger partial charge < -0.3 is 29.9 Å². The minimum absolute atomic E-state index is 0.208. The number of amides is 4. The molecule has 4 amide bonds. The summed E-state index contributed by atoms with van der Waals surface area (Å²) >= 11 is 0. The Morgan fingerprint density at radius 1 is 0.950 bits per heavy atom. The van der Waals surface area contributed by atoms with E-state index in [1.165, 1.54) is 0 Å². The van der Waals surface area contributed by atoms with Crippen LogP contribution in [0.4, 0.5) is 9.59 Å². The number of piperazine rings is 1. The Balaban J connectivity index is 2.01. The van der Waals surface area contributed by atoms with Crippen molar-refractivity contribution in [1.82, 2.24) is 20.4 Å². The van der Waals surface area contributed by atoms with Gasteiger partial charge in [-0.15, -0.1) is 0 Å². The first-order valence-electron chi connectivity index (χ1n) is 13.7. The zero-order valence-electron chi connectivity index (χ0n) is 23.9. The fraction of sp³-hybridized carbons (Fsp3) is 0.667. The van der Waals surface area contributed by atoms with E-state index in [1.54, 1.807) is 54.8 Å². The smallest absolute Gasteiger partial charge is 0.410 e. The van der Waals surface area contributed by atoms with Crippen molar-refractivity contribution in [2.75, 3.05) is 45.9 Å². The van der Waals surface area contributed by atoms with E-state index < -0.39 is 23.8 Å². The first-order valence-corrected chi connectivity index (χ1v) is 13.7. The molecule has 0 spiro atoms. The minimum Gasteiger partial charge on any atom is -0.485 e. The Morgan fingerprint density at radius 2 is 1.55 bits per heavy atom. The number of unbranched alkanes of at least 4 members (excludes halogenated alkanes) is 2. The topological polar surface area (TPSA) is 159 Å². The average molecular weight is 569 g/mol. The highest BCUT2D eigenvalue weighted by atomic mass is 17.1. The van der Waals surface area contributed by atoms with E-state index in [-0.39, 0.29) is 31.6 Å². The number of hydrogen-bond acceptors (Lipinski definition) is 9. The van der Waals surface area contributed by atoms with Gasteiger partial charge >= 0.3 is 12.1 Å². The van der Waals surface area contributed by atoms with Crippen molar-refractivity contribution < 1.29 is 44.1 Å². The second kappa shape index (κ2) is 16.9. The second-order valence-electron chi connectivity index (χ2n) is 10.6. The monoisotopic (exact) mass is 568 g/mol. The average Bonchev–Trinajstić information content (AvgIpc) is 2.91. The maximum Gasteiger partial charge on any atom is 0.410 e. The second-order valence-corrected chi connectivity index (χ2v) is 10.6. The molecule has 13 heteroatoms. The molecule has 1 unspecified atom stereocenters. The van der Waals surface area contributed by atoms with E-state index in [1.807, 2.05) is 0 Å². The molecular formula is C27H44N4O9. The highest BCUT2D eigenvalue weighted by Gasteiger charge is 2.30. The van der Waals surface area contributed by atoms with Gasteiger partial charge in [0.15, 0.2) is 6.10 Å². The maximum absolute atomic E-state index is 13.1. The molecule has 40 heavy (non-hydrogen) atoms. The van der Waals surface area contributed by atoms with Crippen molar-refractivity contribution in [3.63, 3.8) is 0 Å². The van der Waals surface area contributed by atoms with E-state index in [4.69, 9.17) is 20.0 Å². The Bertz CT molecular complexity index is 910. The summed E-state index contributed by atoms with van der Waals surface area (Å²) in [5.74, 6) is 0.160. The van der Waals surface area contributed by atoms with Crippen LogP contribution in [-0.2, 0) is 25.7 Å². The lowest BCUT2D eigenvalue weighted by molar-refractivity contribution is -0.286. The molecule has 1 aliphatic heterocycles. The lowest BCUT2D eigenvalue weighted by Crippen LogP contribution is -2.57. The number of carbonyl (C=O) groups is 3. The van der Waals surface area contributed by atoms with Crippen molar-refractivity contribution in [3.8, 4) is 5.75 Å². The third-order valence-corrected chi connectivity index (χ3v) is 6.10. The number of hydrogen-bond donors (Lipinski definition) is 4. The highest BCUT2D eigenvalue weighted by molar-refractivity contribution is 5.87. The SMILES string of the molecule is CCCCCNC(=O)C(Cc1ccc(OC(COO)COO)cc1)NC(=O)N1CCN(C(=O)OC(C)(C)C)CC1. The van der Waals surface area contributed by atoms with Crippen LogP contribution >= 0.6 is 0 Å². The fourth-order valence-electron chi connectivity index (χ4n) is 3.99. The number of nitrogens with zero attached hydrogens (tertiary/aromatic N) is 2. The molecule has 1 saturated heterocycles. The molecule has 0 aromatic heterocycles. The molecule has 0 aliphatic carbocycles. The Labute approximate surface area is 235 Å². The van der Waals surface area contributed by atoms with E-state index in [9.17, 15) is 14.4 Å². The summed E-state index contributed by atoms with van der Waals surface area (Å²) < 4.78 is 11.0. The molecule has 1 atom stereocenters. The molecule has 13 nitrogen and oxygen atoms in total. The third kappa shape index (κ3) is 11.9. The van der Waals surface area contributed by atoms with Crippen LogP contribution in [0.5, 0.6) is 5.75 Å². The van der Waals surface area contributed by atoms with Crippen LogP contribution in [-0.4, -0.2) is 102 Å². The first kappa shape index (κ1) is 33.1. The van der Waals surface area contributed by atoms with Crippen molar-refractivity contribution in [3.05, 3.63) is 29.8 Å². The number of rotatable bonds is 14. The Kier molecular flexibility index (Phi) is 13.9. The van der Waals surface area contributed by atoms with Gasteiger partial charge in [0.25, 0.3) is 0 Å². The van der Waals surface area contributed by atoms with Gasteiger partial charge in [-0.2, -0.15) is 0 Å². The van der Waals surface area contributed by atoms with E-state index in [0.29, 0.717) is 38.5 Å². The summed E-state index contributed by atoms with van der Waals surface area (Å²) in [7, 11) is 0. The van der Waals surface area contributed by atoms with Crippen LogP contribution in [0.3, 0.4) is 0 Å². The van der Waals surface area contributed by atoms with Crippen LogP contribution in [0.15, 0.2) is 24.3 Å². The van der Waals surface area contributed by atoms with Crippen molar-refractivity contribution >= 4 is 18.0 Å². The summed E-state index contributed by atoms with van der Waals surface area (Å²) in [4.78, 5) is 49.8. The molecule has 0 bridgehead atoms. The van der Waals surface area contributed by atoms with Crippen LogP contribution < -0.4 is 15.4 Å². The highest BCUT2D eigenvalue weighted by Crippen LogP contribution is 2.16. The standard InChI is InChI=1S/C27H44N4O9/c1-5-6-7-12-28-24(32)23(17-20-8-10-21(11-9-20)39-22(18-37-35)19-38-36)29-25(33)30-13-15-31(16-14-30)26(34)40-27(2,3)4/h8-11,22-23,35-36H,5-7,12-19H2,1-4H3,(H,28,32)(H,29,33). The molecule has 226 valence electrons. The Hall–Kier alpha value is -3.13. The van der Waals surface area contributed by atoms with Crippen LogP contribution in [0.2, 0.25) is 0 Å². The van der Waals surface area contributed by atoms with Gasteiger partial charge in [-0.3, -0.25) is 15.3 Å². The number of ether oxygens (including phenoxy) is 2. The summed E-state index contributed by atoms with van der Waals surface area (Å²) in [6, 6.07) is 5.66. The predicted octanol–water partition coefficient (Wildman–Crippen LogP) is 2.89. The van der Waals surface area contributed by atoms with Gasteiger partial charge in [0.05, 0.1) is 0 Å². The summed E-state index contributed by atoms with van der Waals surface area (Å²) in [6.07, 6.45) is 1.95. The number of benzene rings is 1. The van der Waals surface area contributed by atoms with Gasteiger partial charge in [0.2, 0.25) is 5.91 Å². The summed E-state index contributed by atoms with van der Waals surface area (Å²) in [6.45, 7) is 8.90. The van der Waals surface area contributed by atoms with Gasteiger partial charge in [0.1, 0.15) is 30.6 Å². The third-order valence-electron chi connectivity index (χ3n) is 6.10. The summed E-state index contributed by atoms with van der Waals surface area (Å²) in [5, 5.41) is 23.1. The zero-order chi connectivity index (χ0) is 29.5. The predicted molar refractivity (Wildman–Crippen MR) is 146 cm³/mol.